The molecule has 0 fully saturated rings. The number of rotatable bonds is 3. The van der Waals surface area contributed by atoms with Crippen molar-refractivity contribution in [1.82, 2.24) is 15.3 Å². The van der Waals surface area contributed by atoms with Crippen LogP contribution in [0.5, 0.6) is 0 Å². The predicted octanol–water partition coefficient (Wildman–Crippen LogP) is -1.21. The van der Waals surface area contributed by atoms with Crippen molar-refractivity contribution in [2.45, 2.75) is 6.92 Å². The fourth-order valence-corrected chi connectivity index (χ4v) is 0.971. The van der Waals surface area contributed by atoms with Crippen LogP contribution >= 0.6 is 0 Å². The van der Waals surface area contributed by atoms with Gasteiger partial charge < -0.3 is 0 Å². The van der Waals surface area contributed by atoms with Crippen molar-refractivity contribution in [3.63, 3.8) is 0 Å². The molecule has 1 rings (SSSR count). The number of amides is 2. The summed E-state index contributed by atoms with van der Waals surface area (Å²) in [5, 5.41) is 4.23. The molecule has 0 aliphatic rings. The first-order valence-electron chi connectivity index (χ1n) is 4.37. The molecule has 8 nitrogen and oxygen atoms in total. The number of aromatic amines is 1. The number of nitrogens with zero attached hydrogens (tertiary/aromatic N) is 2. The molecule has 0 aliphatic heterocycles. The summed E-state index contributed by atoms with van der Waals surface area (Å²) in [7, 11) is 5.12. The van der Waals surface area contributed by atoms with E-state index in [0.717, 1.165) is 6.08 Å². The van der Waals surface area contributed by atoms with Crippen LogP contribution in [0.15, 0.2) is 15.9 Å². The zero-order valence-electron chi connectivity index (χ0n) is 8.77. The minimum absolute atomic E-state index is 0.0459. The molecule has 85 valence electrons. The normalized spacial score (nSPS) is 8.94. The Hall–Kier alpha value is -2.54. The molecule has 17 heavy (non-hydrogen) atoms. The number of carbonyl (C=O) groups is 1. The van der Waals surface area contributed by atoms with E-state index >= 15 is 0 Å². The number of hydrogen-bond donors (Lipinski definition) is 3. The summed E-state index contributed by atoms with van der Waals surface area (Å²) in [5.74, 6) is -0.0459. The number of H-pyrrole nitrogens is 1. The van der Waals surface area contributed by atoms with E-state index in [9.17, 15) is 14.4 Å². The number of aryl methyl sites for hydroxylation is 1. The van der Waals surface area contributed by atoms with E-state index in [1.807, 2.05) is 5.32 Å². The van der Waals surface area contributed by atoms with E-state index in [2.05, 4.69) is 20.3 Å². The summed E-state index contributed by atoms with van der Waals surface area (Å²) in [4.78, 5) is 41.2. The Morgan fingerprint density at radius 2 is 2.35 bits per heavy atom. The first kappa shape index (κ1) is 12.5. The van der Waals surface area contributed by atoms with Crippen LogP contribution in [0.3, 0.4) is 0 Å². The van der Waals surface area contributed by atoms with Crippen LogP contribution in [0.1, 0.15) is 5.69 Å². The molecule has 2 amide bonds. The molecule has 9 heteroatoms. The summed E-state index contributed by atoms with van der Waals surface area (Å²) in [6.07, 6.45) is 1.15. The van der Waals surface area contributed by atoms with E-state index in [-0.39, 0.29) is 5.95 Å². The van der Waals surface area contributed by atoms with Crippen molar-refractivity contribution in [3.8, 4) is 0 Å². The number of hydrogen-bond acceptors (Lipinski definition) is 5. The maximum absolute atomic E-state index is 11.2. The number of anilines is 1. The van der Waals surface area contributed by atoms with Crippen LogP contribution in [0.4, 0.5) is 10.7 Å². The minimum atomic E-state index is -0.796. The first-order valence-corrected chi connectivity index (χ1v) is 4.37. The van der Waals surface area contributed by atoms with E-state index in [1.54, 1.807) is 6.92 Å². The van der Waals surface area contributed by atoms with Gasteiger partial charge in [0.1, 0.15) is 0 Å². The monoisotopic (exact) mass is 232 g/mol. The molecule has 1 aromatic heterocycles. The SMILES string of the molecule is [B]=C(N=C=O)NC(=O)Nc1nc(C)cc(=O)[nH]1. The fraction of sp³-hybridized carbons (Fsp3) is 0.125. The molecule has 0 saturated heterocycles. The fourth-order valence-electron chi connectivity index (χ4n) is 0.971. The predicted molar refractivity (Wildman–Crippen MR) is 60.6 cm³/mol. The van der Waals surface area contributed by atoms with Gasteiger partial charge in [0.05, 0.1) is 0 Å². The molecular formula is C8H7BN5O3. The average Bonchev–Trinajstić information content (AvgIpc) is 2.14. The van der Waals surface area contributed by atoms with Crippen LogP contribution in [-0.2, 0) is 4.79 Å². The molecule has 0 unspecified atom stereocenters. The van der Waals surface area contributed by atoms with Crippen LogP contribution in [-0.4, -0.2) is 35.3 Å². The molecule has 0 atom stereocenters. The molecule has 0 bridgehead atoms. The Balaban J connectivity index is 2.71. The van der Waals surface area contributed by atoms with Crippen molar-refractivity contribution < 1.29 is 9.59 Å². The second kappa shape index (κ2) is 5.52. The molecule has 0 aliphatic carbocycles. The van der Waals surface area contributed by atoms with Gasteiger partial charge in [-0.3, -0.25) is 0 Å². The van der Waals surface area contributed by atoms with E-state index in [0.29, 0.717) is 5.69 Å². The Morgan fingerprint density at radius 3 is 2.94 bits per heavy atom. The zero-order chi connectivity index (χ0) is 12.8. The Bertz CT molecular complexity index is 561. The third-order valence-corrected chi connectivity index (χ3v) is 1.51. The standard InChI is InChI=1S/C8H7BN5O3/c1-4-2-5(16)12-7(11-4)14-8(17)13-6(9)10-3-15/h2H,1H3,(H3,11,12,13,14,16,17). The van der Waals surface area contributed by atoms with Crippen molar-refractivity contribution in [2.75, 3.05) is 5.32 Å². The molecule has 3 N–H and O–H groups in total. The summed E-state index contributed by atoms with van der Waals surface area (Å²) in [5.41, 5.74) is -0.393. The second-order valence-electron chi connectivity index (χ2n) is 2.90. The van der Waals surface area contributed by atoms with Crippen molar-refractivity contribution in [2.24, 2.45) is 4.99 Å². The van der Waals surface area contributed by atoms with Crippen LogP contribution in [0, 0.1) is 6.92 Å². The van der Waals surface area contributed by atoms with Gasteiger partial charge in [0.2, 0.25) is 0 Å². The molecular weight excluding hydrogens is 225 g/mol. The zero-order valence-corrected chi connectivity index (χ0v) is 8.77. The number of aromatic nitrogens is 2. The maximum atomic E-state index is 11.2. The van der Waals surface area contributed by atoms with E-state index < -0.39 is 17.3 Å². The van der Waals surface area contributed by atoms with Gasteiger partial charge in [-0.25, -0.2) is 0 Å². The second-order valence-corrected chi connectivity index (χ2v) is 2.90. The van der Waals surface area contributed by atoms with Crippen molar-refractivity contribution in [3.05, 3.63) is 22.1 Å². The third-order valence-electron chi connectivity index (χ3n) is 1.51. The molecule has 1 radical (unpaired) electrons. The quantitative estimate of drug-likeness (QED) is 0.344. The molecule has 0 saturated carbocycles. The summed E-state index contributed by atoms with van der Waals surface area (Å²) >= 11 is 0. The van der Waals surface area contributed by atoms with Gasteiger partial charge in [-0.05, 0) is 0 Å². The summed E-state index contributed by atoms with van der Waals surface area (Å²) in [6, 6.07) is 0.468. The van der Waals surface area contributed by atoms with Crippen LogP contribution < -0.4 is 16.2 Å². The number of isocyanates is 1. The Labute approximate surface area is 96.2 Å². The summed E-state index contributed by atoms with van der Waals surface area (Å²) in [6.45, 7) is 1.59. The van der Waals surface area contributed by atoms with Gasteiger partial charge >= 0.3 is 95.5 Å². The molecule has 0 spiro atoms. The molecule has 1 heterocycles. The van der Waals surface area contributed by atoms with Gasteiger partial charge in [-0.1, -0.05) is 0 Å². The first-order chi connectivity index (χ1) is 8.01. The Morgan fingerprint density at radius 1 is 1.65 bits per heavy atom. The summed E-state index contributed by atoms with van der Waals surface area (Å²) < 4.78 is 0. The van der Waals surface area contributed by atoms with Crippen LogP contribution in [0.25, 0.3) is 0 Å². The van der Waals surface area contributed by atoms with Gasteiger partial charge in [0, 0.05) is 0 Å². The van der Waals surface area contributed by atoms with E-state index in [1.165, 1.54) is 6.07 Å². The Kier molecular flexibility index (Phi) is 4.07. The molecule has 1 aromatic rings. The number of carbonyl (C=O) groups excluding carboxylic acids is 2. The van der Waals surface area contributed by atoms with Crippen molar-refractivity contribution >= 4 is 31.3 Å². The molecule has 0 aromatic carbocycles. The average molecular weight is 232 g/mol. The number of aliphatic imine (C=N–C) groups is 1. The van der Waals surface area contributed by atoms with Crippen LogP contribution in [0.2, 0.25) is 0 Å². The van der Waals surface area contributed by atoms with Gasteiger partial charge in [-0.2, -0.15) is 0 Å². The van der Waals surface area contributed by atoms with Gasteiger partial charge in [-0.15, -0.1) is 0 Å². The van der Waals surface area contributed by atoms with Crippen molar-refractivity contribution in [1.29, 1.82) is 0 Å². The third kappa shape index (κ3) is 4.23. The van der Waals surface area contributed by atoms with Gasteiger partial charge in [0.25, 0.3) is 0 Å². The van der Waals surface area contributed by atoms with E-state index in [4.69, 9.17) is 7.49 Å². The topological polar surface area (TPSA) is 116 Å². The number of urea groups is 1. The number of nitrogens with one attached hydrogen (secondary N) is 3. The van der Waals surface area contributed by atoms with Gasteiger partial charge in [0.15, 0.2) is 0 Å².